The molecule has 0 aromatic carbocycles. The fourth-order valence-electron chi connectivity index (χ4n) is 1.53. The van der Waals surface area contributed by atoms with Gasteiger partial charge in [0.15, 0.2) is 5.78 Å². The van der Waals surface area contributed by atoms with E-state index < -0.39 is 11.9 Å². The van der Waals surface area contributed by atoms with Crippen molar-refractivity contribution >= 4 is 11.8 Å². The van der Waals surface area contributed by atoms with Crippen LogP contribution in [0.2, 0.25) is 0 Å². The third kappa shape index (κ3) is 6.72. The third-order valence-electron chi connectivity index (χ3n) is 2.46. The standard InChI is InChI=1S/C14H22O3/c1-4-7-8-10-12(13(15)9-5-2)14(16)17-11-6-3/h5-6,12H,2-4,7-11H2,1H3. The molecule has 0 aromatic heterocycles. The molecule has 0 aliphatic heterocycles. The van der Waals surface area contributed by atoms with Gasteiger partial charge in [-0.2, -0.15) is 0 Å². The number of ether oxygens (including phenoxy) is 1. The molecular formula is C14H22O3. The zero-order valence-corrected chi connectivity index (χ0v) is 10.6. The maximum absolute atomic E-state index is 11.7. The zero-order valence-electron chi connectivity index (χ0n) is 10.6. The highest BCUT2D eigenvalue weighted by molar-refractivity contribution is 5.99. The lowest BCUT2D eigenvalue weighted by Gasteiger charge is -2.13. The fourth-order valence-corrected chi connectivity index (χ4v) is 1.53. The Hall–Kier alpha value is -1.38. The second-order valence-electron chi connectivity index (χ2n) is 3.93. The highest BCUT2D eigenvalue weighted by Crippen LogP contribution is 2.15. The maximum atomic E-state index is 11.7. The lowest BCUT2D eigenvalue weighted by atomic mass is 9.95. The van der Waals surface area contributed by atoms with Crippen LogP contribution in [-0.2, 0) is 14.3 Å². The molecule has 0 amide bonds. The minimum absolute atomic E-state index is 0.106. The van der Waals surface area contributed by atoms with Gasteiger partial charge in [-0.15, -0.1) is 6.58 Å². The Labute approximate surface area is 104 Å². The first-order valence-electron chi connectivity index (χ1n) is 6.08. The molecule has 0 spiro atoms. The molecule has 17 heavy (non-hydrogen) atoms. The third-order valence-corrected chi connectivity index (χ3v) is 2.46. The zero-order chi connectivity index (χ0) is 13.1. The Morgan fingerprint density at radius 1 is 1.24 bits per heavy atom. The van der Waals surface area contributed by atoms with Crippen LogP contribution < -0.4 is 0 Å². The first-order chi connectivity index (χ1) is 8.17. The van der Waals surface area contributed by atoms with Crippen LogP contribution in [0.5, 0.6) is 0 Å². The van der Waals surface area contributed by atoms with Crippen LogP contribution in [0.25, 0.3) is 0 Å². The number of esters is 1. The number of rotatable bonds is 10. The average molecular weight is 238 g/mol. The first-order valence-corrected chi connectivity index (χ1v) is 6.08. The topological polar surface area (TPSA) is 43.4 Å². The van der Waals surface area contributed by atoms with Crippen LogP contribution in [0.1, 0.15) is 39.0 Å². The van der Waals surface area contributed by atoms with E-state index in [1.165, 1.54) is 12.2 Å². The van der Waals surface area contributed by atoms with Crippen molar-refractivity contribution in [2.75, 3.05) is 6.61 Å². The van der Waals surface area contributed by atoms with E-state index in [-0.39, 0.29) is 18.8 Å². The summed E-state index contributed by atoms with van der Waals surface area (Å²) in [6.07, 6.45) is 6.76. The fraction of sp³-hybridized carbons (Fsp3) is 0.571. The molecule has 0 N–H and O–H groups in total. The molecule has 96 valence electrons. The molecule has 0 rings (SSSR count). The summed E-state index contributed by atoms with van der Waals surface area (Å²) in [5, 5.41) is 0. The monoisotopic (exact) mass is 238 g/mol. The van der Waals surface area contributed by atoms with Crippen LogP contribution >= 0.6 is 0 Å². The van der Waals surface area contributed by atoms with Crippen molar-refractivity contribution in [1.29, 1.82) is 0 Å². The van der Waals surface area contributed by atoms with Crippen LogP contribution in [0, 0.1) is 5.92 Å². The summed E-state index contributed by atoms with van der Waals surface area (Å²) in [6.45, 7) is 9.22. The normalized spacial score (nSPS) is 11.6. The van der Waals surface area contributed by atoms with Gasteiger partial charge in [0, 0.05) is 6.42 Å². The second-order valence-corrected chi connectivity index (χ2v) is 3.93. The summed E-state index contributed by atoms with van der Waals surface area (Å²) < 4.78 is 4.94. The van der Waals surface area contributed by atoms with Crippen molar-refractivity contribution < 1.29 is 14.3 Å². The molecule has 0 heterocycles. The van der Waals surface area contributed by atoms with E-state index in [9.17, 15) is 9.59 Å². The molecular weight excluding hydrogens is 216 g/mol. The highest BCUT2D eigenvalue weighted by atomic mass is 16.5. The molecule has 0 radical (unpaired) electrons. The smallest absolute Gasteiger partial charge is 0.316 e. The van der Waals surface area contributed by atoms with Gasteiger partial charge in [-0.05, 0) is 6.42 Å². The van der Waals surface area contributed by atoms with Crippen molar-refractivity contribution in [1.82, 2.24) is 0 Å². The van der Waals surface area contributed by atoms with Crippen molar-refractivity contribution in [3.8, 4) is 0 Å². The van der Waals surface area contributed by atoms with Gasteiger partial charge in [0.2, 0.25) is 0 Å². The molecule has 0 fully saturated rings. The summed E-state index contributed by atoms with van der Waals surface area (Å²) in [4.78, 5) is 23.4. The molecule has 0 saturated carbocycles. The lowest BCUT2D eigenvalue weighted by molar-refractivity contribution is -0.151. The molecule has 3 heteroatoms. The lowest BCUT2D eigenvalue weighted by Crippen LogP contribution is -2.26. The number of carbonyl (C=O) groups excluding carboxylic acids is 2. The quantitative estimate of drug-likeness (QED) is 0.254. The number of Topliss-reactive ketones (excluding diaryl/α,β-unsaturated/α-hetero) is 1. The van der Waals surface area contributed by atoms with E-state index in [1.807, 2.05) is 0 Å². The van der Waals surface area contributed by atoms with Gasteiger partial charge in [0.1, 0.15) is 12.5 Å². The molecule has 0 aliphatic rings. The molecule has 3 nitrogen and oxygen atoms in total. The van der Waals surface area contributed by atoms with Crippen molar-refractivity contribution in [2.45, 2.75) is 39.0 Å². The predicted octanol–water partition coefficient (Wildman–Crippen LogP) is 3.06. The minimum atomic E-state index is -0.639. The molecule has 0 saturated heterocycles. The number of hydrogen-bond acceptors (Lipinski definition) is 3. The average Bonchev–Trinajstić information content (AvgIpc) is 2.32. The van der Waals surface area contributed by atoms with Crippen molar-refractivity contribution in [3.63, 3.8) is 0 Å². The Morgan fingerprint density at radius 3 is 2.47 bits per heavy atom. The number of hydrogen-bond donors (Lipinski definition) is 0. The number of ketones is 1. The van der Waals surface area contributed by atoms with Crippen LogP contribution in [-0.4, -0.2) is 18.4 Å². The number of carbonyl (C=O) groups is 2. The Bertz CT molecular complexity index is 269. The number of allylic oxidation sites excluding steroid dienone is 1. The van der Waals surface area contributed by atoms with E-state index in [2.05, 4.69) is 20.1 Å². The van der Waals surface area contributed by atoms with Gasteiger partial charge < -0.3 is 4.74 Å². The van der Waals surface area contributed by atoms with Crippen LogP contribution in [0.15, 0.2) is 25.3 Å². The minimum Gasteiger partial charge on any atom is -0.461 e. The first kappa shape index (κ1) is 15.6. The summed E-state index contributed by atoms with van der Waals surface area (Å²) in [5.41, 5.74) is 0. The van der Waals surface area contributed by atoms with E-state index in [0.29, 0.717) is 6.42 Å². The summed E-state index contributed by atoms with van der Waals surface area (Å²) in [6, 6.07) is 0. The SMILES string of the molecule is C=CCOC(=O)C(CCCCC)C(=O)CC=C. The maximum Gasteiger partial charge on any atom is 0.316 e. The number of unbranched alkanes of at least 4 members (excludes halogenated alkanes) is 2. The van der Waals surface area contributed by atoms with E-state index in [0.717, 1.165) is 19.3 Å². The van der Waals surface area contributed by atoms with E-state index >= 15 is 0 Å². The van der Waals surface area contributed by atoms with Gasteiger partial charge in [-0.1, -0.05) is 44.9 Å². The summed E-state index contributed by atoms with van der Waals surface area (Å²) >= 11 is 0. The summed E-state index contributed by atoms with van der Waals surface area (Å²) in [5.74, 6) is -1.18. The predicted molar refractivity (Wildman–Crippen MR) is 68.6 cm³/mol. The second kappa shape index (κ2) is 9.82. The van der Waals surface area contributed by atoms with Gasteiger partial charge in [0.05, 0.1) is 0 Å². The van der Waals surface area contributed by atoms with Gasteiger partial charge in [-0.25, -0.2) is 0 Å². The largest absolute Gasteiger partial charge is 0.461 e. The van der Waals surface area contributed by atoms with Gasteiger partial charge >= 0.3 is 5.97 Å². The Balaban J connectivity index is 4.36. The van der Waals surface area contributed by atoms with Crippen molar-refractivity contribution in [3.05, 3.63) is 25.3 Å². The Kier molecular flexibility index (Phi) is 9.02. The molecule has 0 bridgehead atoms. The van der Waals surface area contributed by atoms with E-state index in [4.69, 9.17) is 4.74 Å². The van der Waals surface area contributed by atoms with Crippen molar-refractivity contribution in [2.24, 2.45) is 5.92 Å². The Morgan fingerprint density at radius 2 is 1.94 bits per heavy atom. The van der Waals surface area contributed by atoms with Gasteiger partial charge in [-0.3, -0.25) is 9.59 Å². The molecule has 1 unspecified atom stereocenters. The molecule has 0 aromatic rings. The molecule has 1 atom stereocenters. The van der Waals surface area contributed by atoms with Crippen LogP contribution in [0.3, 0.4) is 0 Å². The highest BCUT2D eigenvalue weighted by Gasteiger charge is 2.26. The van der Waals surface area contributed by atoms with Gasteiger partial charge in [0.25, 0.3) is 0 Å². The molecule has 0 aliphatic carbocycles. The summed E-state index contributed by atoms with van der Waals surface area (Å²) in [7, 11) is 0. The van der Waals surface area contributed by atoms with E-state index in [1.54, 1.807) is 0 Å². The van der Waals surface area contributed by atoms with Crippen LogP contribution in [0.4, 0.5) is 0 Å².